The molecular formula is C18H17ClN4O2. The van der Waals surface area contributed by atoms with E-state index in [1.54, 1.807) is 23.1 Å². The molecule has 1 aliphatic heterocycles. The lowest BCUT2D eigenvalue weighted by molar-refractivity contribution is 0.0302. The number of nitrogens with one attached hydrogen (secondary N) is 1. The van der Waals surface area contributed by atoms with Crippen molar-refractivity contribution in [3.63, 3.8) is 0 Å². The number of anilines is 1. The maximum atomic E-state index is 12.4. The topological polar surface area (TPSA) is 78.2 Å². The first-order valence-corrected chi connectivity index (χ1v) is 8.30. The zero-order valence-electron chi connectivity index (χ0n) is 13.5. The SMILES string of the molecule is N#Cc1ccc(CNc2ncc(C(=O)N3CCOCC3)cc2Cl)cc1. The molecule has 1 amide bonds. The second kappa shape index (κ2) is 7.97. The van der Waals surface area contributed by atoms with Crippen LogP contribution in [0.4, 0.5) is 5.82 Å². The van der Waals surface area contributed by atoms with Gasteiger partial charge in [-0.25, -0.2) is 4.98 Å². The van der Waals surface area contributed by atoms with Crippen molar-refractivity contribution in [3.8, 4) is 6.07 Å². The number of carbonyl (C=O) groups is 1. The molecule has 1 fully saturated rings. The van der Waals surface area contributed by atoms with Crippen LogP contribution in [-0.4, -0.2) is 42.1 Å². The fraction of sp³-hybridized carbons (Fsp3) is 0.278. The van der Waals surface area contributed by atoms with Crippen molar-refractivity contribution >= 4 is 23.3 Å². The van der Waals surface area contributed by atoms with Crippen LogP contribution in [0.5, 0.6) is 0 Å². The van der Waals surface area contributed by atoms with E-state index in [4.69, 9.17) is 21.6 Å². The van der Waals surface area contributed by atoms with E-state index in [9.17, 15) is 4.79 Å². The minimum absolute atomic E-state index is 0.0867. The minimum atomic E-state index is -0.0867. The summed E-state index contributed by atoms with van der Waals surface area (Å²) in [6.45, 7) is 2.79. The fourth-order valence-corrected chi connectivity index (χ4v) is 2.75. The first-order chi connectivity index (χ1) is 12.2. The number of hydrogen-bond acceptors (Lipinski definition) is 5. The Bertz CT molecular complexity index is 796. The first kappa shape index (κ1) is 17.2. The van der Waals surface area contributed by atoms with Crippen molar-refractivity contribution in [2.24, 2.45) is 0 Å². The molecule has 0 radical (unpaired) electrons. The molecule has 1 aromatic heterocycles. The summed E-state index contributed by atoms with van der Waals surface area (Å²) in [5.41, 5.74) is 2.09. The number of carbonyl (C=O) groups excluding carboxylic acids is 1. The molecule has 7 heteroatoms. The summed E-state index contributed by atoms with van der Waals surface area (Å²) in [6.07, 6.45) is 1.53. The number of pyridine rings is 1. The number of rotatable bonds is 4. The Morgan fingerprint density at radius 1 is 1.32 bits per heavy atom. The van der Waals surface area contributed by atoms with Crippen molar-refractivity contribution in [2.75, 3.05) is 31.6 Å². The molecule has 128 valence electrons. The van der Waals surface area contributed by atoms with Gasteiger partial charge in [-0.2, -0.15) is 5.26 Å². The zero-order chi connectivity index (χ0) is 17.6. The quantitative estimate of drug-likeness (QED) is 0.911. The number of aromatic nitrogens is 1. The van der Waals surface area contributed by atoms with Gasteiger partial charge in [0, 0.05) is 25.8 Å². The monoisotopic (exact) mass is 356 g/mol. The molecule has 6 nitrogen and oxygen atoms in total. The molecule has 0 atom stereocenters. The van der Waals surface area contributed by atoms with Crippen LogP contribution in [-0.2, 0) is 11.3 Å². The lowest BCUT2D eigenvalue weighted by Gasteiger charge is -2.26. The third-order valence-corrected chi connectivity index (χ3v) is 4.22. The van der Waals surface area contributed by atoms with Gasteiger partial charge in [0.05, 0.1) is 35.4 Å². The van der Waals surface area contributed by atoms with E-state index >= 15 is 0 Å². The maximum Gasteiger partial charge on any atom is 0.255 e. The summed E-state index contributed by atoms with van der Waals surface area (Å²) in [6, 6.07) is 11.0. The predicted molar refractivity (Wildman–Crippen MR) is 94.5 cm³/mol. The minimum Gasteiger partial charge on any atom is -0.378 e. The second-order valence-electron chi connectivity index (χ2n) is 5.62. The Balaban J connectivity index is 1.65. The van der Waals surface area contributed by atoms with Gasteiger partial charge in [-0.3, -0.25) is 4.79 Å². The molecule has 0 aliphatic carbocycles. The Hall–Kier alpha value is -2.62. The van der Waals surface area contributed by atoms with Crippen LogP contribution in [0, 0.1) is 11.3 Å². The number of halogens is 1. The van der Waals surface area contributed by atoms with E-state index in [0.717, 1.165) is 5.56 Å². The van der Waals surface area contributed by atoms with Crippen LogP contribution in [0.25, 0.3) is 0 Å². The third-order valence-electron chi connectivity index (χ3n) is 3.93. The van der Waals surface area contributed by atoms with Crippen molar-refractivity contribution < 1.29 is 9.53 Å². The van der Waals surface area contributed by atoms with Crippen molar-refractivity contribution in [2.45, 2.75) is 6.54 Å². The molecule has 1 saturated heterocycles. The van der Waals surface area contributed by atoms with Crippen molar-refractivity contribution in [1.29, 1.82) is 5.26 Å². The Morgan fingerprint density at radius 2 is 2.04 bits per heavy atom. The second-order valence-corrected chi connectivity index (χ2v) is 6.03. The molecule has 3 rings (SSSR count). The summed E-state index contributed by atoms with van der Waals surface area (Å²) < 4.78 is 5.25. The number of benzene rings is 1. The van der Waals surface area contributed by atoms with E-state index in [-0.39, 0.29) is 5.91 Å². The summed E-state index contributed by atoms with van der Waals surface area (Å²) in [4.78, 5) is 18.4. The summed E-state index contributed by atoms with van der Waals surface area (Å²) >= 11 is 6.26. The molecule has 0 unspecified atom stereocenters. The van der Waals surface area contributed by atoms with Crippen molar-refractivity contribution in [1.82, 2.24) is 9.88 Å². The molecule has 2 aromatic rings. The van der Waals surface area contributed by atoms with Crippen LogP contribution in [0.15, 0.2) is 36.5 Å². The standard InChI is InChI=1S/C18H17ClN4O2/c19-16-9-15(18(24)23-5-7-25-8-6-23)12-22-17(16)21-11-14-3-1-13(10-20)2-4-14/h1-4,9,12H,5-8,11H2,(H,21,22). The Labute approximate surface area is 151 Å². The summed E-state index contributed by atoms with van der Waals surface area (Å²) in [5, 5.41) is 12.3. The lowest BCUT2D eigenvalue weighted by Crippen LogP contribution is -2.40. The third kappa shape index (κ3) is 4.27. The summed E-state index contributed by atoms with van der Waals surface area (Å²) in [5.74, 6) is 0.431. The number of ether oxygens (including phenoxy) is 1. The van der Waals surface area contributed by atoms with Gasteiger partial charge in [0.2, 0.25) is 0 Å². The van der Waals surface area contributed by atoms with E-state index in [0.29, 0.717) is 54.8 Å². The van der Waals surface area contributed by atoms with Crippen LogP contribution in [0.2, 0.25) is 5.02 Å². The van der Waals surface area contributed by atoms with Gasteiger partial charge in [-0.05, 0) is 23.8 Å². The molecule has 25 heavy (non-hydrogen) atoms. The van der Waals surface area contributed by atoms with Gasteiger partial charge in [0.1, 0.15) is 5.82 Å². The number of amides is 1. The highest BCUT2D eigenvalue weighted by atomic mass is 35.5. The highest BCUT2D eigenvalue weighted by molar-refractivity contribution is 6.33. The Morgan fingerprint density at radius 3 is 2.68 bits per heavy atom. The molecule has 2 heterocycles. The number of morpholine rings is 1. The van der Waals surface area contributed by atoms with Crippen LogP contribution >= 0.6 is 11.6 Å². The first-order valence-electron chi connectivity index (χ1n) is 7.93. The average molecular weight is 357 g/mol. The van der Waals surface area contributed by atoms with Gasteiger partial charge in [0.15, 0.2) is 0 Å². The molecule has 1 aromatic carbocycles. The van der Waals surface area contributed by atoms with E-state index in [1.807, 2.05) is 12.1 Å². The van der Waals surface area contributed by atoms with E-state index < -0.39 is 0 Å². The number of nitrogens with zero attached hydrogens (tertiary/aromatic N) is 3. The van der Waals surface area contributed by atoms with E-state index in [1.165, 1.54) is 6.20 Å². The largest absolute Gasteiger partial charge is 0.378 e. The maximum absolute atomic E-state index is 12.4. The Kier molecular flexibility index (Phi) is 5.49. The van der Waals surface area contributed by atoms with Crippen LogP contribution in [0.3, 0.4) is 0 Å². The zero-order valence-corrected chi connectivity index (χ0v) is 14.3. The highest BCUT2D eigenvalue weighted by Crippen LogP contribution is 2.22. The highest BCUT2D eigenvalue weighted by Gasteiger charge is 2.19. The van der Waals surface area contributed by atoms with Gasteiger partial charge in [-0.15, -0.1) is 0 Å². The average Bonchev–Trinajstić information content (AvgIpc) is 2.67. The molecule has 1 aliphatic rings. The number of nitriles is 1. The van der Waals surface area contributed by atoms with Crippen LogP contribution in [0.1, 0.15) is 21.5 Å². The van der Waals surface area contributed by atoms with Gasteiger partial charge >= 0.3 is 0 Å². The number of hydrogen-bond donors (Lipinski definition) is 1. The van der Waals surface area contributed by atoms with Gasteiger partial charge in [0.25, 0.3) is 5.91 Å². The smallest absolute Gasteiger partial charge is 0.255 e. The van der Waals surface area contributed by atoms with Crippen molar-refractivity contribution in [3.05, 3.63) is 58.2 Å². The summed E-state index contributed by atoms with van der Waals surface area (Å²) in [7, 11) is 0. The normalized spacial score (nSPS) is 14.0. The molecule has 1 N–H and O–H groups in total. The molecular weight excluding hydrogens is 340 g/mol. The molecule has 0 bridgehead atoms. The van der Waals surface area contributed by atoms with Gasteiger partial charge < -0.3 is 15.0 Å². The lowest BCUT2D eigenvalue weighted by atomic mass is 10.1. The fourth-order valence-electron chi connectivity index (χ4n) is 2.52. The molecule has 0 saturated carbocycles. The molecule has 0 spiro atoms. The van der Waals surface area contributed by atoms with Crippen LogP contribution < -0.4 is 5.32 Å². The van der Waals surface area contributed by atoms with Gasteiger partial charge in [-0.1, -0.05) is 23.7 Å². The van der Waals surface area contributed by atoms with E-state index in [2.05, 4.69) is 16.4 Å². The predicted octanol–water partition coefficient (Wildman–Crippen LogP) is 2.69.